The van der Waals surface area contributed by atoms with Crippen LogP contribution in [0.25, 0.3) is 0 Å². The Morgan fingerprint density at radius 3 is 2.48 bits per heavy atom. The molecule has 27 heavy (non-hydrogen) atoms. The number of hydrogen-bond donors (Lipinski definition) is 2. The van der Waals surface area contributed by atoms with Crippen molar-refractivity contribution in [2.45, 2.75) is 46.3 Å². The van der Waals surface area contributed by atoms with Gasteiger partial charge in [-0.05, 0) is 31.9 Å². The van der Waals surface area contributed by atoms with E-state index in [1.54, 1.807) is 6.20 Å². The summed E-state index contributed by atoms with van der Waals surface area (Å²) in [4.78, 5) is 20.8. The van der Waals surface area contributed by atoms with E-state index >= 15 is 0 Å². The van der Waals surface area contributed by atoms with Crippen LogP contribution in [-0.4, -0.2) is 72.4 Å². The SMILES string of the molecule is CC(C)CC(=O)Nc1ccc(N2CCN(C[C@H](O)COC(C)C)CC2)nc1. The minimum Gasteiger partial charge on any atom is -0.389 e. The Hall–Kier alpha value is -1.70. The van der Waals surface area contributed by atoms with E-state index in [-0.39, 0.29) is 12.0 Å². The normalized spacial score (nSPS) is 16.8. The zero-order valence-electron chi connectivity index (χ0n) is 17.0. The number of β-amino-alcohol motifs (C(OH)–C–C–N with tert-alkyl or cyclic N) is 1. The summed E-state index contributed by atoms with van der Waals surface area (Å²) in [6.45, 7) is 12.5. The lowest BCUT2D eigenvalue weighted by atomic mass is 10.1. The summed E-state index contributed by atoms with van der Waals surface area (Å²) in [6.07, 6.45) is 1.91. The molecule has 0 bridgehead atoms. The van der Waals surface area contributed by atoms with Crippen molar-refractivity contribution >= 4 is 17.4 Å². The van der Waals surface area contributed by atoms with E-state index in [0.29, 0.717) is 25.5 Å². The van der Waals surface area contributed by atoms with Gasteiger partial charge in [0, 0.05) is 39.1 Å². The topological polar surface area (TPSA) is 77.9 Å². The Morgan fingerprint density at radius 1 is 1.22 bits per heavy atom. The fraction of sp³-hybridized carbons (Fsp3) is 0.700. The quantitative estimate of drug-likeness (QED) is 0.684. The molecule has 7 nitrogen and oxygen atoms in total. The van der Waals surface area contributed by atoms with Crippen molar-refractivity contribution in [3.8, 4) is 0 Å². The van der Waals surface area contributed by atoms with E-state index in [2.05, 4.69) is 20.1 Å². The Morgan fingerprint density at radius 2 is 1.93 bits per heavy atom. The Labute approximate surface area is 162 Å². The van der Waals surface area contributed by atoms with Gasteiger partial charge in [-0.15, -0.1) is 0 Å². The number of hydrogen-bond acceptors (Lipinski definition) is 6. The number of rotatable bonds is 9. The first-order chi connectivity index (χ1) is 12.8. The van der Waals surface area contributed by atoms with E-state index in [4.69, 9.17) is 4.74 Å². The molecular weight excluding hydrogens is 344 g/mol. The second-order valence-corrected chi connectivity index (χ2v) is 7.87. The van der Waals surface area contributed by atoms with Crippen LogP contribution in [0.4, 0.5) is 11.5 Å². The number of amides is 1. The fourth-order valence-electron chi connectivity index (χ4n) is 3.04. The van der Waals surface area contributed by atoms with Crippen molar-refractivity contribution in [3.63, 3.8) is 0 Å². The molecule has 1 aliphatic rings. The zero-order valence-corrected chi connectivity index (χ0v) is 17.0. The lowest BCUT2D eigenvalue weighted by Crippen LogP contribution is -2.49. The average molecular weight is 379 g/mol. The van der Waals surface area contributed by atoms with Gasteiger partial charge in [0.1, 0.15) is 5.82 Å². The smallest absolute Gasteiger partial charge is 0.224 e. The van der Waals surface area contributed by atoms with Crippen LogP contribution in [0.5, 0.6) is 0 Å². The predicted octanol–water partition coefficient (Wildman–Crippen LogP) is 1.97. The van der Waals surface area contributed by atoms with Gasteiger partial charge in [0.25, 0.3) is 0 Å². The highest BCUT2D eigenvalue weighted by Crippen LogP contribution is 2.17. The highest BCUT2D eigenvalue weighted by atomic mass is 16.5. The van der Waals surface area contributed by atoms with Gasteiger partial charge in [-0.1, -0.05) is 13.8 Å². The van der Waals surface area contributed by atoms with Crippen molar-refractivity contribution in [2.75, 3.05) is 49.5 Å². The maximum atomic E-state index is 11.8. The molecule has 0 spiro atoms. The van der Waals surface area contributed by atoms with E-state index in [9.17, 15) is 9.90 Å². The molecule has 0 aliphatic carbocycles. The Bertz CT molecular complexity index is 569. The molecule has 1 aromatic rings. The maximum Gasteiger partial charge on any atom is 0.224 e. The first-order valence-electron chi connectivity index (χ1n) is 9.86. The van der Waals surface area contributed by atoms with Crippen LogP contribution < -0.4 is 10.2 Å². The molecule has 152 valence electrons. The van der Waals surface area contributed by atoms with Gasteiger partial charge in [-0.3, -0.25) is 9.69 Å². The second-order valence-electron chi connectivity index (χ2n) is 7.87. The summed E-state index contributed by atoms with van der Waals surface area (Å²) in [5, 5.41) is 12.9. The maximum absolute atomic E-state index is 11.8. The summed E-state index contributed by atoms with van der Waals surface area (Å²) < 4.78 is 5.47. The average Bonchev–Trinajstić information content (AvgIpc) is 2.60. The number of nitrogens with zero attached hydrogens (tertiary/aromatic N) is 3. The number of pyridine rings is 1. The number of nitrogens with one attached hydrogen (secondary N) is 1. The number of carbonyl (C=O) groups excluding carboxylic acids is 1. The molecule has 0 radical (unpaired) electrons. The van der Waals surface area contributed by atoms with Gasteiger partial charge in [-0.2, -0.15) is 0 Å². The minimum absolute atomic E-state index is 0.0215. The van der Waals surface area contributed by atoms with Crippen LogP contribution in [0.1, 0.15) is 34.1 Å². The van der Waals surface area contributed by atoms with Gasteiger partial charge in [0.2, 0.25) is 5.91 Å². The molecule has 1 fully saturated rings. The number of ether oxygens (including phenoxy) is 1. The third kappa shape index (κ3) is 7.82. The fourth-order valence-corrected chi connectivity index (χ4v) is 3.04. The Kier molecular flexibility index (Phi) is 8.47. The Balaban J connectivity index is 1.76. The first-order valence-corrected chi connectivity index (χ1v) is 9.86. The predicted molar refractivity (Wildman–Crippen MR) is 108 cm³/mol. The molecule has 2 heterocycles. The van der Waals surface area contributed by atoms with E-state index in [1.807, 2.05) is 39.8 Å². The zero-order chi connectivity index (χ0) is 19.8. The van der Waals surface area contributed by atoms with Crippen LogP contribution in [0.2, 0.25) is 0 Å². The lowest BCUT2D eigenvalue weighted by Gasteiger charge is -2.36. The molecule has 2 N–H and O–H groups in total. The van der Waals surface area contributed by atoms with Gasteiger partial charge >= 0.3 is 0 Å². The molecule has 1 aromatic heterocycles. The molecule has 1 saturated heterocycles. The lowest BCUT2D eigenvalue weighted by molar-refractivity contribution is -0.116. The largest absolute Gasteiger partial charge is 0.389 e. The molecule has 0 aromatic carbocycles. The van der Waals surface area contributed by atoms with Crippen LogP contribution in [0.15, 0.2) is 18.3 Å². The molecule has 0 saturated carbocycles. The van der Waals surface area contributed by atoms with Gasteiger partial charge < -0.3 is 20.1 Å². The molecule has 0 unspecified atom stereocenters. The molecule has 2 rings (SSSR count). The highest BCUT2D eigenvalue weighted by molar-refractivity contribution is 5.90. The van der Waals surface area contributed by atoms with E-state index in [1.165, 1.54) is 0 Å². The summed E-state index contributed by atoms with van der Waals surface area (Å²) in [5.41, 5.74) is 0.733. The standard InChI is InChI=1S/C20H34N4O3/c1-15(2)11-20(26)22-17-5-6-19(21-12-17)24-9-7-23(8-10-24)13-18(25)14-27-16(3)4/h5-6,12,15-16,18,25H,7-11,13-14H2,1-4H3,(H,22,26)/t18-/m0/s1. The summed E-state index contributed by atoms with van der Waals surface area (Å²) in [6, 6.07) is 3.85. The van der Waals surface area contributed by atoms with Crippen molar-refractivity contribution in [1.82, 2.24) is 9.88 Å². The van der Waals surface area contributed by atoms with Crippen molar-refractivity contribution < 1.29 is 14.6 Å². The molecule has 7 heteroatoms. The second kappa shape index (κ2) is 10.6. The third-order valence-corrected chi connectivity index (χ3v) is 4.41. The summed E-state index contributed by atoms with van der Waals surface area (Å²) >= 11 is 0. The molecule has 1 aliphatic heterocycles. The summed E-state index contributed by atoms with van der Waals surface area (Å²) in [5.74, 6) is 1.28. The van der Waals surface area contributed by atoms with Gasteiger partial charge in [-0.25, -0.2) is 4.98 Å². The van der Waals surface area contributed by atoms with Crippen LogP contribution in [0.3, 0.4) is 0 Å². The van der Waals surface area contributed by atoms with Crippen LogP contribution >= 0.6 is 0 Å². The highest BCUT2D eigenvalue weighted by Gasteiger charge is 2.20. The number of piperazine rings is 1. The van der Waals surface area contributed by atoms with Crippen LogP contribution in [0, 0.1) is 5.92 Å². The van der Waals surface area contributed by atoms with Gasteiger partial charge in [0.05, 0.1) is 30.7 Å². The summed E-state index contributed by atoms with van der Waals surface area (Å²) in [7, 11) is 0. The van der Waals surface area contributed by atoms with E-state index < -0.39 is 6.10 Å². The molecular formula is C20H34N4O3. The molecule has 1 atom stereocenters. The number of aliphatic hydroxyl groups is 1. The van der Waals surface area contributed by atoms with Crippen molar-refractivity contribution in [3.05, 3.63) is 18.3 Å². The van der Waals surface area contributed by atoms with Crippen molar-refractivity contribution in [1.29, 1.82) is 0 Å². The number of anilines is 2. The van der Waals surface area contributed by atoms with E-state index in [0.717, 1.165) is 37.7 Å². The number of carbonyl (C=O) groups is 1. The van der Waals surface area contributed by atoms with Gasteiger partial charge in [0.15, 0.2) is 0 Å². The van der Waals surface area contributed by atoms with Crippen LogP contribution in [-0.2, 0) is 9.53 Å². The number of aromatic nitrogens is 1. The van der Waals surface area contributed by atoms with Crippen molar-refractivity contribution in [2.24, 2.45) is 5.92 Å². The molecule has 1 amide bonds. The number of aliphatic hydroxyl groups excluding tert-OH is 1. The minimum atomic E-state index is -0.453. The third-order valence-electron chi connectivity index (χ3n) is 4.41. The first kappa shape index (κ1) is 21.6. The monoisotopic (exact) mass is 378 g/mol.